The Morgan fingerprint density at radius 3 is 2.57 bits per heavy atom. The van der Waals surface area contributed by atoms with Crippen LogP contribution >= 0.6 is 0 Å². The maximum atomic E-state index is 10.1. The van der Waals surface area contributed by atoms with Crippen molar-refractivity contribution in [3.05, 3.63) is 0 Å². The number of nitrogens with one attached hydrogen (secondary N) is 1. The maximum Gasteiger partial charge on any atom is 0.0771 e. The molecule has 2 heteroatoms. The van der Waals surface area contributed by atoms with Crippen LogP contribution in [0.4, 0.5) is 0 Å². The van der Waals surface area contributed by atoms with Gasteiger partial charge in [0.15, 0.2) is 0 Å². The highest BCUT2D eigenvalue weighted by atomic mass is 16.3. The van der Waals surface area contributed by atoms with E-state index in [-0.39, 0.29) is 5.60 Å². The molecule has 0 heterocycles. The van der Waals surface area contributed by atoms with Crippen LogP contribution in [0.15, 0.2) is 0 Å². The second-order valence-corrected chi connectivity index (χ2v) is 5.38. The van der Waals surface area contributed by atoms with Gasteiger partial charge in [-0.1, -0.05) is 19.8 Å². The number of hydrogen-bond acceptors (Lipinski definition) is 2. The third-order valence-electron chi connectivity index (χ3n) is 3.88. The Hall–Kier alpha value is -0.0800. The molecule has 0 spiro atoms. The third-order valence-corrected chi connectivity index (χ3v) is 3.88. The van der Waals surface area contributed by atoms with E-state index in [4.69, 9.17) is 0 Å². The van der Waals surface area contributed by atoms with Crippen LogP contribution in [0, 0.1) is 11.8 Å². The van der Waals surface area contributed by atoms with Gasteiger partial charge in [-0.05, 0) is 44.1 Å². The summed E-state index contributed by atoms with van der Waals surface area (Å²) < 4.78 is 0. The normalized spacial score (nSPS) is 27.9. The summed E-state index contributed by atoms with van der Waals surface area (Å²) in [4.78, 5) is 0. The Labute approximate surface area is 87.1 Å². The van der Waals surface area contributed by atoms with Crippen LogP contribution in [0.2, 0.25) is 0 Å². The minimum Gasteiger partial charge on any atom is -0.389 e. The summed E-state index contributed by atoms with van der Waals surface area (Å²) in [5.74, 6) is 1.78. The molecule has 0 aromatic carbocycles. The van der Waals surface area contributed by atoms with Crippen molar-refractivity contribution in [3.8, 4) is 0 Å². The van der Waals surface area contributed by atoms with E-state index < -0.39 is 0 Å². The first-order valence-electron chi connectivity index (χ1n) is 6.13. The lowest BCUT2D eigenvalue weighted by atomic mass is 10.0. The van der Waals surface area contributed by atoms with Crippen molar-refractivity contribution in [3.63, 3.8) is 0 Å². The Morgan fingerprint density at radius 2 is 2.00 bits per heavy atom. The van der Waals surface area contributed by atoms with E-state index in [9.17, 15) is 5.11 Å². The Morgan fingerprint density at radius 1 is 1.36 bits per heavy atom. The van der Waals surface area contributed by atoms with E-state index in [0.29, 0.717) is 0 Å². The molecule has 0 saturated heterocycles. The van der Waals surface area contributed by atoms with Crippen molar-refractivity contribution in [2.24, 2.45) is 11.8 Å². The van der Waals surface area contributed by atoms with E-state index in [1.165, 1.54) is 25.7 Å². The van der Waals surface area contributed by atoms with Gasteiger partial charge in [-0.15, -0.1) is 0 Å². The van der Waals surface area contributed by atoms with Crippen molar-refractivity contribution in [2.45, 2.75) is 51.0 Å². The summed E-state index contributed by atoms with van der Waals surface area (Å²) in [6.07, 6.45) is 7.25. The van der Waals surface area contributed by atoms with Crippen LogP contribution in [0.25, 0.3) is 0 Å². The fourth-order valence-electron chi connectivity index (χ4n) is 2.57. The van der Waals surface area contributed by atoms with Crippen molar-refractivity contribution in [2.75, 3.05) is 13.1 Å². The second kappa shape index (κ2) is 4.19. The van der Waals surface area contributed by atoms with Gasteiger partial charge in [-0.25, -0.2) is 0 Å². The molecule has 0 bridgehead atoms. The number of rotatable bonds is 5. The van der Waals surface area contributed by atoms with Gasteiger partial charge in [0.25, 0.3) is 0 Å². The van der Waals surface area contributed by atoms with Gasteiger partial charge in [-0.3, -0.25) is 0 Å². The molecule has 0 aliphatic heterocycles. The highest BCUT2D eigenvalue weighted by molar-refractivity contribution is 4.87. The molecular weight excluding hydrogens is 174 g/mol. The molecule has 0 radical (unpaired) electrons. The molecule has 1 atom stereocenters. The molecular formula is C12H23NO. The zero-order valence-corrected chi connectivity index (χ0v) is 9.26. The van der Waals surface area contributed by atoms with Crippen LogP contribution in [0.5, 0.6) is 0 Å². The quantitative estimate of drug-likeness (QED) is 0.706. The minimum absolute atomic E-state index is 0.372. The predicted octanol–water partition coefficient (Wildman–Crippen LogP) is 1.93. The molecule has 2 saturated carbocycles. The first kappa shape index (κ1) is 10.4. The molecule has 0 aromatic rings. The van der Waals surface area contributed by atoms with Gasteiger partial charge in [0.05, 0.1) is 5.60 Å². The number of hydrogen-bond donors (Lipinski definition) is 2. The molecule has 2 rings (SSSR count). The molecule has 0 aromatic heterocycles. The van der Waals surface area contributed by atoms with Crippen molar-refractivity contribution in [1.82, 2.24) is 5.32 Å². The van der Waals surface area contributed by atoms with Crippen molar-refractivity contribution in [1.29, 1.82) is 0 Å². The molecule has 14 heavy (non-hydrogen) atoms. The van der Waals surface area contributed by atoms with Gasteiger partial charge in [-0.2, -0.15) is 0 Å². The highest BCUT2D eigenvalue weighted by Crippen LogP contribution is 2.36. The van der Waals surface area contributed by atoms with Crippen molar-refractivity contribution >= 4 is 0 Å². The molecule has 2 fully saturated rings. The predicted molar refractivity (Wildman–Crippen MR) is 58.2 cm³/mol. The first-order chi connectivity index (χ1) is 6.70. The molecule has 2 nitrogen and oxygen atoms in total. The molecule has 2 N–H and O–H groups in total. The number of aliphatic hydroxyl groups is 1. The Bertz CT molecular complexity index is 183. The van der Waals surface area contributed by atoms with Crippen molar-refractivity contribution < 1.29 is 5.11 Å². The van der Waals surface area contributed by atoms with Gasteiger partial charge >= 0.3 is 0 Å². The molecule has 82 valence electrons. The fourth-order valence-corrected chi connectivity index (χ4v) is 2.57. The summed E-state index contributed by atoms with van der Waals surface area (Å²) in [6.45, 7) is 4.22. The van der Waals surface area contributed by atoms with Gasteiger partial charge in [0, 0.05) is 6.54 Å². The minimum atomic E-state index is -0.372. The van der Waals surface area contributed by atoms with Crippen LogP contribution in [0.1, 0.15) is 45.4 Å². The lowest BCUT2D eigenvalue weighted by Crippen LogP contribution is -2.39. The zero-order chi connectivity index (χ0) is 10.0. The van der Waals surface area contributed by atoms with E-state index in [1.54, 1.807) is 0 Å². The molecule has 2 aliphatic carbocycles. The topological polar surface area (TPSA) is 32.3 Å². The van der Waals surface area contributed by atoms with Crippen LogP contribution in [-0.2, 0) is 0 Å². The van der Waals surface area contributed by atoms with Crippen LogP contribution in [-0.4, -0.2) is 23.8 Å². The Kier molecular flexibility index (Phi) is 3.13. The van der Waals surface area contributed by atoms with Gasteiger partial charge < -0.3 is 10.4 Å². The Balaban J connectivity index is 1.61. The van der Waals surface area contributed by atoms with E-state index in [0.717, 1.165) is 37.8 Å². The summed E-state index contributed by atoms with van der Waals surface area (Å²) in [5.41, 5.74) is -0.372. The maximum absolute atomic E-state index is 10.1. The first-order valence-corrected chi connectivity index (χ1v) is 6.13. The molecule has 0 amide bonds. The monoisotopic (exact) mass is 197 g/mol. The summed E-state index contributed by atoms with van der Waals surface area (Å²) in [5, 5.41) is 13.5. The average Bonchev–Trinajstić information content (AvgIpc) is 2.91. The molecule has 1 unspecified atom stereocenters. The largest absolute Gasteiger partial charge is 0.389 e. The summed E-state index contributed by atoms with van der Waals surface area (Å²) in [6, 6.07) is 0. The SMILES string of the molecule is CC(CNCC1(O)CCCC1)C1CC1. The second-order valence-electron chi connectivity index (χ2n) is 5.38. The van der Waals surface area contributed by atoms with E-state index in [2.05, 4.69) is 12.2 Å². The van der Waals surface area contributed by atoms with Crippen LogP contribution < -0.4 is 5.32 Å². The lowest BCUT2D eigenvalue weighted by Gasteiger charge is -2.23. The lowest BCUT2D eigenvalue weighted by molar-refractivity contribution is 0.0469. The van der Waals surface area contributed by atoms with Gasteiger partial charge in [0.2, 0.25) is 0 Å². The van der Waals surface area contributed by atoms with Crippen LogP contribution in [0.3, 0.4) is 0 Å². The highest BCUT2D eigenvalue weighted by Gasteiger charge is 2.32. The summed E-state index contributed by atoms with van der Waals surface area (Å²) in [7, 11) is 0. The fraction of sp³-hybridized carbons (Fsp3) is 1.00. The zero-order valence-electron chi connectivity index (χ0n) is 9.26. The van der Waals surface area contributed by atoms with E-state index >= 15 is 0 Å². The third kappa shape index (κ3) is 2.71. The van der Waals surface area contributed by atoms with E-state index in [1.807, 2.05) is 0 Å². The molecule has 2 aliphatic rings. The smallest absolute Gasteiger partial charge is 0.0771 e. The standard InChI is InChI=1S/C12H23NO/c1-10(11-4-5-11)8-13-9-12(14)6-2-3-7-12/h10-11,13-14H,2-9H2,1H3. The van der Waals surface area contributed by atoms with Gasteiger partial charge in [0.1, 0.15) is 0 Å². The summed E-state index contributed by atoms with van der Waals surface area (Å²) >= 11 is 0. The average molecular weight is 197 g/mol.